The summed E-state index contributed by atoms with van der Waals surface area (Å²) in [6.45, 7) is 8.22. The minimum Gasteiger partial charge on any atom is -0.392 e. The largest absolute Gasteiger partial charge is 0.392 e. The van der Waals surface area contributed by atoms with E-state index in [1.54, 1.807) is 18.4 Å². The first kappa shape index (κ1) is 24.2. The summed E-state index contributed by atoms with van der Waals surface area (Å²) in [6, 6.07) is 10.4. The number of ether oxygens (including phenoxy) is 1. The van der Waals surface area contributed by atoms with E-state index in [-0.39, 0.29) is 35.0 Å². The van der Waals surface area contributed by atoms with E-state index in [0.29, 0.717) is 13.2 Å². The van der Waals surface area contributed by atoms with Crippen molar-refractivity contribution in [3.05, 3.63) is 46.5 Å². The van der Waals surface area contributed by atoms with Crippen molar-refractivity contribution in [3.8, 4) is 0 Å². The van der Waals surface area contributed by atoms with Crippen LogP contribution >= 0.6 is 11.3 Å². The maximum Gasteiger partial charge on any atom is 0.223 e. The molecule has 1 amide bonds. The molecule has 6 nitrogen and oxygen atoms in total. The molecule has 2 aliphatic carbocycles. The average Bonchev–Trinajstić information content (AvgIpc) is 3.20. The summed E-state index contributed by atoms with van der Waals surface area (Å²) in [5, 5.41) is 18.9. The van der Waals surface area contributed by atoms with E-state index in [4.69, 9.17) is 9.72 Å². The number of hydrogen-bond acceptors (Lipinski definition) is 6. The zero-order valence-corrected chi connectivity index (χ0v) is 21.0. The number of benzene rings is 1. The highest BCUT2D eigenvalue weighted by Crippen LogP contribution is 2.57. The van der Waals surface area contributed by atoms with Crippen LogP contribution in [0.2, 0.25) is 0 Å². The number of hydrogen-bond donors (Lipinski definition) is 3. The van der Waals surface area contributed by atoms with Gasteiger partial charge in [0, 0.05) is 36.9 Å². The molecule has 1 fully saturated rings. The molecular formula is C26H37N3O3S. The molecule has 6 unspecified atom stereocenters. The number of rotatable bonds is 8. The van der Waals surface area contributed by atoms with Crippen LogP contribution in [0, 0.1) is 23.2 Å². The number of carbonyl (C=O) groups excluding carboxylic acids is 1. The van der Waals surface area contributed by atoms with Gasteiger partial charge in [-0.3, -0.25) is 4.79 Å². The molecule has 7 heteroatoms. The number of amides is 1. The van der Waals surface area contributed by atoms with Crippen LogP contribution < -0.4 is 10.6 Å². The Kier molecular flexibility index (Phi) is 7.41. The van der Waals surface area contributed by atoms with Gasteiger partial charge in [-0.15, -0.1) is 11.3 Å². The molecule has 0 saturated heterocycles. The lowest BCUT2D eigenvalue weighted by Gasteiger charge is -2.53. The molecule has 180 valence electrons. The average molecular weight is 472 g/mol. The van der Waals surface area contributed by atoms with Gasteiger partial charge in [-0.25, -0.2) is 4.98 Å². The highest BCUT2D eigenvalue weighted by atomic mass is 32.1. The number of aromatic nitrogens is 1. The van der Waals surface area contributed by atoms with Gasteiger partial charge in [-0.05, 0) is 42.1 Å². The van der Waals surface area contributed by atoms with Crippen LogP contribution in [0.25, 0.3) is 0 Å². The highest BCUT2D eigenvalue weighted by molar-refractivity contribution is 7.15. The number of fused-ring (bicyclic) bond motifs is 2. The first-order valence-corrected chi connectivity index (χ1v) is 12.9. The second-order valence-corrected chi connectivity index (χ2v) is 11.2. The Labute approximate surface area is 201 Å². The third-order valence-corrected chi connectivity index (χ3v) is 8.90. The van der Waals surface area contributed by atoms with Gasteiger partial charge in [-0.1, -0.05) is 51.1 Å². The lowest BCUT2D eigenvalue weighted by atomic mass is 9.53. The zero-order chi connectivity index (χ0) is 23.6. The number of carbonyl (C=O) groups is 1. The number of aliphatic hydroxyl groups is 1. The molecule has 4 rings (SSSR count). The summed E-state index contributed by atoms with van der Waals surface area (Å²) in [5.74, 6) is -0.00624. The lowest BCUT2D eigenvalue weighted by molar-refractivity contribution is -0.135. The fourth-order valence-corrected chi connectivity index (χ4v) is 7.29. The second kappa shape index (κ2) is 10.1. The van der Waals surface area contributed by atoms with Crippen LogP contribution in [0.3, 0.4) is 0 Å². The van der Waals surface area contributed by atoms with E-state index in [1.807, 2.05) is 25.1 Å². The van der Waals surface area contributed by atoms with Gasteiger partial charge in [0.25, 0.3) is 0 Å². The fourth-order valence-electron chi connectivity index (χ4n) is 6.03. The van der Waals surface area contributed by atoms with Crippen molar-refractivity contribution in [1.82, 2.24) is 10.3 Å². The fraction of sp³-hybridized carbons (Fsp3) is 0.615. The molecule has 0 radical (unpaired) electrons. The smallest absolute Gasteiger partial charge is 0.223 e. The number of nitrogens with zero attached hydrogens (tertiary/aromatic N) is 1. The van der Waals surface area contributed by atoms with Crippen LogP contribution in [0.15, 0.2) is 30.3 Å². The topological polar surface area (TPSA) is 83.5 Å². The van der Waals surface area contributed by atoms with Gasteiger partial charge in [-0.2, -0.15) is 0 Å². The Bertz CT molecular complexity index is 950. The second-order valence-electron chi connectivity index (χ2n) is 10.1. The lowest BCUT2D eigenvalue weighted by Crippen LogP contribution is -2.53. The van der Waals surface area contributed by atoms with Gasteiger partial charge in [0.2, 0.25) is 5.91 Å². The Morgan fingerprint density at radius 1 is 1.36 bits per heavy atom. The molecule has 6 atom stereocenters. The molecule has 0 spiro atoms. The van der Waals surface area contributed by atoms with Gasteiger partial charge in [0.05, 0.1) is 18.4 Å². The predicted octanol–water partition coefficient (Wildman–Crippen LogP) is 4.21. The van der Waals surface area contributed by atoms with Crippen molar-refractivity contribution in [2.75, 3.05) is 25.6 Å². The van der Waals surface area contributed by atoms with Crippen LogP contribution in [0.4, 0.5) is 5.13 Å². The van der Waals surface area contributed by atoms with Crippen molar-refractivity contribution >= 4 is 22.4 Å². The summed E-state index contributed by atoms with van der Waals surface area (Å²) >= 11 is 1.76. The monoisotopic (exact) mass is 471 g/mol. The first-order valence-electron chi connectivity index (χ1n) is 12.1. The third kappa shape index (κ3) is 4.96. The number of anilines is 1. The van der Waals surface area contributed by atoms with Crippen molar-refractivity contribution in [3.63, 3.8) is 0 Å². The quantitative estimate of drug-likeness (QED) is 0.503. The summed E-state index contributed by atoms with van der Waals surface area (Å²) in [7, 11) is 1.63. The van der Waals surface area contributed by atoms with Gasteiger partial charge in [0.1, 0.15) is 0 Å². The molecular weight excluding hydrogens is 434 g/mol. The summed E-state index contributed by atoms with van der Waals surface area (Å²) in [5.41, 5.74) is 2.38. The third-order valence-electron chi connectivity index (χ3n) is 7.87. The Hall–Kier alpha value is -1.96. The SMILES string of the molecule is COCCNC(=O)C(C)C1CCC2(C)Cc3sc(NCc4ccccc4)nc3C(C)C2C1O. The molecule has 1 heterocycles. The summed E-state index contributed by atoms with van der Waals surface area (Å²) < 4.78 is 5.04. The Morgan fingerprint density at radius 3 is 2.85 bits per heavy atom. The summed E-state index contributed by atoms with van der Waals surface area (Å²) in [4.78, 5) is 19.0. The standard InChI is InChI=1S/C26H37N3O3S/c1-16(24(31)27-12-13-32-4)19-10-11-26(3)14-20-22(17(2)21(26)23(19)30)29-25(33-20)28-15-18-8-6-5-7-9-18/h5-9,16-17,19,21,23,30H,10-15H2,1-4H3,(H,27,31)(H,28,29). The predicted molar refractivity (Wildman–Crippen MR) is 132 cm³/mol. The number of nitrogens with one attached hydrogen (secondary N) is 2. The zero-order valence-electron chi connectivity index (χ0n) is 20.1. The van der Waals surface area contributed by atoms with Crippen LogP contribution in [0.1, 0.15) is 55.7 Å². The maximum absolute atomic E-state index is 12.7. The summed E-state index contributed by atoms with van der Waals surface area (Å²) in [6.07, 6.45) is 2.31. The molecule has 2 aromatic rings. The molecule has 3 N–H and O–H groups in total. The van der Waals surface area contributed by atoms with E-state index in [9.17, 15) is 9.90 Å². The van der Waals surface area contributed by atoms with E-state index in [2.05, 4.69) is 36.6 Å². The van der Waals surface area contributed by atoms with Crippen LogP contribution in [-0.4, -0.2) is 42.4 Å². The number of aliphatic hydroxyl groups excluding tert-OH is 1. The molecule has 0 bridgehead atoms. The van der Waals surface area contributed by atoms with Crippen molar-refractivity contribution in [1.29, 1.82) is 0 Å². The number of thiazole rings is 1. The van der Waals surface area contributed by atoms with E-state index < -0.39 is 6.10 Å². The van der Waals surface area contributed by atoms with Crippen LogP contribution in [0.5, 0.6) is 0 Å². The first-order chi connectivity index (χ1) is 15.8. The van der Waals surface area contributed by atoms with Crippen molar-refractivity contribution in [2.45, 2.75) is 58.6 Å². The molecule has 1 aromatic heterocycles. The normalized spacial score (nSPS) is 29.6. The van der Waals surface area contributed by atoms with Gasteiger partial charge < -0.3 is 20.5 Å². The molecule has 1 saturated carbocycles. The van der Waals surface area contributed by atoms with Crippen molar-refractivity contribution in [2.24, 2.45) is 23.2 Å². The van der Waals surface area contributed by atoms with Gasteiger partial charge >= 0.3 is 0 Å². The minimum absolute atomic E-state index is 0.00455. The van der Waals surface area contributed by atoms with Crippen LogP contribution in [-0.2, 0) is 22.5 Å². The van der Waals surface area contributed by atoms with E-state index in [0.717, 1.165) is 36.6 Å². The molecule has 0 aliphatic heterocycles. The molecule has 1 aromatic carbocycles. The Morgan fingerprint density at radius 2 is 2.12 bits per heavy atom. The molecule has 2 aliphatic rings. The van der Waals surface area contributed by atoms with Gasteiger partial charge in [0.15, 0.2) is 5.13 Å². The number of methoxy groups -OCH3 is 1. The molecule has 33 heavy (non-hydrogen) atoms. The van der Waals surface area contributed by atoms with E-state index >= 15 is 0 Å². The minimum atomic E-state index is -0.516. The Balaban J connectivity index is 1.48. The van der Waals surface area contributed by atoms with Crippen molar-refractivity contribution < 1.29 is 14.6 Å². The maximum atomic E-state index is 12.7. The highest BCUT2D eigenvalue weighted by Gasteiger charge is 2.53. The van der Waals surface area contributed by atoms with E-state index in [1.165, 1.54) is 10.4 Å².